The second-order valence-corrected chi connectivity index (χ2v) is 6.64. The van der Waals surface area contributed by atoms with Crippen molar-refractivity contribution >= 4 is 23.6 Å². The molecule has 25 heavy (non-hydrogen) atoms. The van der Waals surface area contributed by atoms with E-state index >= 15 is 0 Å². The molecule has 1 aliphatic carbocycles. The molecule has 6 heteroatoms. The van der Waals surface area contributed by atoms with Crippen LogP contribution in [0.4, 0.5) is 0 Å². The van der Waals surface area contributed by atoms with Crippen LogP contribution < -0.4 is 14.8 Å². The molecule has 1 fully saturated rings. The summed E-state index contributed by atoms with van der Waals surface area (Å²) in [4.78, 5) is 12.1. The SMILES string of the molecule is CCCOc1c(Cl)cc(/C=C/C(=O)NC2CCC(O)CC2)cc1OC. The highest BCUT2D eigenvalue weighted by molar-refractivity contribution is 6.32. The summed E-state index contributed by atoms with van der Waals surface area (Å²) in [6.07, 6.45) is 6.93. The van der Waals surface area contributed by atoms with Crippen LogP contribution in [-0.4, -0.2) is 36.9 Å². The first-order valence-electron chi connectivity index (χ1n) is 8.70. The predicted octanol–water partition coefficient (Wildman–Crippen LogP) is 3.57. The van der Waals surface area contributed by atoms with Crippen molar-refractivity contribution < 1.29 is 19.4 Å². The third kappa shape index (κ3) is 5.94. The molecule has 0 atom stereocenters. The summed E-state index contributed by atoms with van der Waals surface area (Å²) in [5.41, 5.74) is 0.764. The lowest BCUT2D eigenvalue weighted by atomic mass is 9.93. The fourth-order valence-electron chi connectivity index (χ4n) is 2.82. The highest BCUT2D eigenvalue weighted by atomic mass is 35.5. The summed E-state index contributed by atoms with van der Waals surface area (Å²) in [7, 11) is 1.56. The number of benzene rings is 1. The van der Waals surface area contributed by atoms with Crippen molar-refractivity contribution in [3.63, 3.8) is 0 Å². The zero-order valence-corrected chi connectivity index (χ0v) is 15.5. The van der Waals surface area contributed by atoms with E-state index < -0.39 is 0 Å². The van der Waals surface area contributed by atoms with E-state index in [4.69, 9.17) is 21.1 Å². The van der Waals surface area contributed by atoms with Gasteiger partial charge in [-0.3, -0.25) is 4.79 Å². The standard InChI is InChI=1S/C19H26ClNO4/c1-3-10-25-19-16(20)11-13(12-17(19)24-2)4-9-18(23)21-14-5-7-15(22)8-6-14/h4,9,11-12,14-15,22H,3,5-8,10H2,1-2H3,(H,21,23)/b9-4+. The second-order valence-electron chi connectivity index (χ2n) is 6.23. The minimum atomic E-state index is -0.230. The number of hydrogen-bond donors (Lipinski definition) is 2. The number of aliphatic hydroxyl groups is 1. The normalized spacial score (nSPS) is 20.5. The molecule has 0 unspecified atom stereocenters. The second kappa shape index (κ2) is 9.68. The number of nitrogens with one attached hydrogen (secondary N) is 1. The van der Waals surface area contributed by atoms with E-state index in [0.717, 1.165) is 37.7 Å². The number of halogens is 1. The number of carbonyl (C=O) groups is 1. The number of ether oxygens (including phenoxy) is 2. The van der Waals surface area contributed by atoms with Gasteiger partial charge in [-0.25, -0.2) is 0 Å². The van der Waals surface area contributed by atoms with Crippen molar-refractivity contribution in [2.24, 2.45) is 0 Å². The molecule has 0 radical (unpaired) electrons. The van der Waals surface area contributed by atoms with Gasteiger partial charge in [0.15, 0.2) is 11.5 Å². The van der Waals surface area contributed by atoms with Crippen LogP contribution in [0.25, 0.3) is 6.08 Å². The number of amides is 1. The third-order valence-corrected chi connectivity index (χ3v) is 4.45. The molecule has 0 aliphatic heterocycles. The van der Waals surface area contributed by atoms with Crippen molar-refractivity contribution in [2.45, 2.75) is 51.2 Å². The van der Waals surface area contributed by atoms with Gasteiger partial charge in [0.25, 0.3) is 0 Å². The molecule has 1 aliphatic rings. The van der Waals surface area contributed by atoms with Gasteiger partial charge < -0.3 is 19.9 Å². The molecule has 0 heterocycles. The van der Waals surface area contributed by atoms with E-state index in [0.29, 0.717) is 23.1 Å². The van der Waals surface area contributed by atoms with Crippen molar-refractivity contribution in [3.8, 4) is 11.5 Å². The third-order valence-electron chi connectivity index (χ3n) is 4.17. The summed E-state index contributed by atoms with van der Waals surface area (Å²) in [5.74, 6) is 0.915. The van der Waals surface area contributed by atoms with Gasteiger partial charge in [-0.1, -0.05) is 18.5 Å². The molecule has 1 aromatic carbocycles. The quantitative estimate of drug-likeness (QED) is 0.723. The molecule has 2 rings (SSSR count). The van der Waals surface area contributed by atoms with Crippen molar-refractivity contribution in [1.29, 1.82) is 0 Å². The van der Waals surface area contributed by atoms with E-state index in [2.05, 4.69) is 5.32 Å². The molecule has 1 amide bonds. The Bertz CT molecular complexity index is 610. The average Bonchev–Trinajstić information content (AvgIpc) is 2.60. The van der Waals surface area contributed by atoms with Gasteiger partial charge >= 0.3 is 0 Å². The van der Waals surface area contributed by atoms with Gasteiger partial charge in [-0.05, 0) is 55.9 Å². The highest BCUT2D eigenvalue weighted by Gasteiger charge is 2.20. The van der Waals surface area contributed by atoms with Crippen LogP contribution in [0, 0.1) is 0 Å². The molecule has 1 saturated carbocycles. The number of carbonyl (C=O) groups excluding carboxylic acids is 1. The smallest absolute Gasteiger partial charge is 0.244 e. The lowest BCUT2D eigenvalue weighted by molar-refractivity contribution is -0.117. The van der Waals surface area contributed by atoms with Crippen LogP contribution in [0.15, 0.2) is 18.2 Å². The number of hydrogen-bond acceptors (Lipinski definition) is 4. The van der Waals surface area contributed by atoms with Gasteiger partial charge in [0.1, 0.15) is 0 Å². The predicted molar refractivity (Wildman–Crippen MR) is 99.2 cm³/mol. The van der Waals surface area contributed by atoms with Crippen LogP contribution in [0.1, 0.15) is 44.6 Å². The van der Waals surface area contributed by atoms with Gasteiger partial charge in [0.2, 0.25) is 5.91 Å². The number of aliphatic hydroxyl groups excluding tert-OH is 1. The van der Waals surface area contributed by atoms with Gasteiger partial charge in [-0.15, -0.1) is 0 Å². The Hall–Kier alpha value is -1.72. The Balaban J connectivity index is 1.99. The Morgan fingerprint density at radius 2 is 2.08 bits per heavy atom. The van der Waals surface area contributed by atoms with Crippen LogP contribution >= 0.6 is 11.6 Å². The summed E-state index contributed by atoms with van der Waals surface area (Å²) < 4.78 is 11.0. The largest absolute Gasteiger partial charge is 0.493 e. The summed E-state index contributed by atoms with van der Waals surface area (Å²) in [6, 6.07) is 3.66. The first-order valence-corrected chi connectivity index (χ1v) is 9.08. The summed E-state index contributed by atoms with van der Waals surface area (Å²) in [6.45, 7) is 2.58. The topological polar surface area (TPSA) is 67.8 Å². The van der Waals surface area contributed by atoms with Crippen molar-refractivity contribution in [1.82, 2.24) is 5.32 Å². The molecule has 0 bridgehead atoms. The van der Waals surface area contributed by atoms with Crippen LogP contribution in [0.3, 0.4) is 0 Å². The zero-order chi connectivity index (χ0) is 18.2. The van der Waals surface area contributed by atoms with E-state index in [-0.39, 0.29) is 18.1 Å². The van der Waals surface area contributed by atoms with E-state index in [1.165, 1.54) is 6.08 Å². The Morgan fingerprint density at radius 3 is 2.72 bits per heavy atom. The molecule has 5 nitrogen and oxygen atoms in total. The molecule has 0 spiro atoms. The van der Waals surface area contributed by atoms with Gasteiger partial charge in [0, 0.05) is 12.1 Å². The Kier molecular flexibility index (Phi) is 7.59. The molecular formula is C19H26ClNO4. The fourth-order valence-corrected chi connectivity index (χ4v) is 3.10. The van der Waals surface area contributed by atoms with Gasteiger partial charge in [0.05, 0.1) is 24.8 Å². The Labute approximate surface area is 154 Å². The van der Waals surface area contributed by atoms with E-state index in [9.17, 15) is 9.90 Å². The summed E-state index contributed by atoms with van der Waals surface area (Å²) >= 11 is 6.27. The number of methoxy groups -OCH3 is 1. The van der Waals surface area contributed by atoms with Crippen LogP contribution in [0.2, 0.25) is 5.02 Å². The summed E-state index contributed by atoms with van der Waals surface area (Å²) in [5, 5.41) is 12.9. The highest BCUT2D eigenvalue weighted by Crippen LogP contribution is 2.36. The molecule has 0 aromatic heterocycles. The Morgan fingerprint density at radius 1 is 1.36 bits per heavy atom. The van der Waals surface area contributed by atoms with E-state index in [1.54, 1.807) is 25.3 Å². The average molecular weight is 368 g/mol. The molecule has 138 valence electrons. The van der Waals surface area contributed by atoms with Gasteiger partial charge in [-0.2, -0.15) is 0 Å². The first-order chi connectivity index (χ1) is 12.0. The lowest BCUT2D eigenvalue weighted by Crippen LogP contribution is -2.37. The molecule has 1 aromatic rings. The minimum absolute atomic E-state index is 0.128. The minimum Gasteiger partial charge on any atom is -0.493 e. The molecular weight excluding hydrogens is 342 g/mol. The maximum Gasteiger partial charge on any atom is 0.244 e. The maximum atomic E-state index is 12.1. The molecule has 0 saturated heterocycles. The van der Waals surface area contributed by atoms with E-state index in [1.807, 2.05) is 6.92 Å². The monoisotopic (exact) mass is 367 g/mol. The molecule has 2 N–H and O–H groups in total. The number of rotatable bonds is 7. The maximum absolute atomic E-state index is 12.1. The van der Waals surface area contributed by atoms with Crippen molar-refractivity contribution in [3.05, 3.63) is 28.8 Å². The fraction of sp³-hybridized carbons (Fsp3) is 0.526. The lowest BCUT2D eigenvalue weighted by Gasteiger charge is -2.25. The zero-order valence-electron chi connectivity index (χ0n) is 14.8. The van der Waals surface area contributed by atoms with Crippen LogP contribution in [0.5, 0.6) is 11.5 Å². The first kappa shape index (κ1) is 19.6. The van der Waals surface area contributed by atoms with Crippen molar-refractivity contribution in [2.75, 3.05) is 13.7 Å². The van der Waals surface area contributed by atoms with Crippen LogP contribution in [-0.2, 0) is 4.79 Å².